The van der Waals surface area contributed by atoms with E-state index in [2.05, 4.69) is 16.5 Å². The third-order valence-corrected chi connectivity index (χ3v) is 1.62. The third kappa shape index (κ3) is 1.61. The maximum atomic E-state index is 4.98. The van der Waals surface area contributed by atoms with Crippen molar-refractivity contribution in [3.8, 4) is 0 Å². The van der Waals surface area contributed by atoms with E-state index in [-0.39, 0.29) is 0 Å². The van der Waals surface area contributed by atoms with Crippen molar-refractivity contribution in [1.82, 2.24) is 9.97 Å². The van der Waals surface area contributed by atoms with E-state index in [4.69, 9.17) is 4.74 Å². The molecule has 3 nitrogen and oxygen atoms in total. The van der Waals surface area contributed by atoms with E-state index < -0.39 is 0 Å². The lowest BCUT2D eigenvalue weighted by Crippen LogP contribution is -1.99. The lowest BCUT2D eigenvalue weighted by atomic mass is 10.2. The average molecular weight is 164 g/mol. The molecule has 0 N–H and O–H groups in total. The second-order valence-electron chi connectivity index (χ2n) is 2.33. The maximum Gasteiger partial charge on any atom is 0.139 e. The predicted octanol–water partition coefficient (Wildman–Crippen LogP) is 1.66. The molecule has 0 amide bonds. The topological polar surface area (TPSA) is 35.0 Å². The van der Waals surface area contributed by atoms with Crippen LogP contribution in [-0.4, -0.2) is 17.1 Å². The van der Waals surface area contributed by atoms with E-state index in [1.165, 1.54) is 0 Å². The zero-order valence-corrected chi connectivity index (χ0v) is 7.37. The Hall–Kier alpha value is -1.38. The van der Waals surface area contributed by atoms with Crippen LogP contribution in [0.1, 0.15) is 18.3 Å². The van der Waals surface area contributed by atoms with Crippen LogP contribution < -0.4 is 0 Å². The normalized spacial score (nSPS) is 9.50. The number of nitrogens with zero attached hydrogens (tertiary/aromatic N) is 2. The minimum absolute atomic E-state index is 0.569. The first-order valence-corrected chi connectivity index (χ1v) is 3.82. The maximum absolute atomic E-state index is 4.98. The molecule has 0 unspecified atom stereocenters. The van der Waals surface area contributed by atoms with E-state index >= 15 is 0 Å². The van der Waals surface area contributed by atoms with E-state index in [0.29, 0.717) is 5.76 Å². The monoisotopic (exact) mass is 164 g/mol. The van der Waals surface area contributed by atoms with Gasteiger partial charge in [-0.3, -0.25) is 4.98 Å². The van der Waals surface area contributed by atoms with Crippen LogP contribution >= 0.6 is 0 Å². The molecule has 1 aromatic heterocycles. The largest absolute Gasteiger partial charge is 0.495 e. The summed E-state index contributed by atoms with van der Waals surface area (Å²) in [6.07, 6.45) is 4.15. The minimum atomic E-state index is 0.569. The van der Waals surface area contributed by atoms with Crippen LogP contribution in [0.5, 0.6) is 0 Å². The molecule has 0 atom stereocenters. The van der Waals surface area contributed by atoms with Gasteiger partial charge in [-0.15, -0.1) is 0 Å². The number of aromatic nitrogens is 2. The number of methoxy groups -OCH3 is 1. The Labute approximate surface area is 72.1 Å². The second kappa shape index (κ2) is 3.85. The molecule has 12 heavy (non-hydrogen) atoms. The lowest BCUT2D eigenvalue weighted by molar-refractivity contribution is 0.368. The second-order valence-corrected chi connectivity index (χ2v) is 2.33. The Bertz CT molecular complexity index is 284. The fourth-order valence-electron chi connectivity index (χ4n) is 0.955. The molecule has 64 valence electrons. The molecule has 0 aliphatic heterocycles. The molecule has 1 aromatic rings. The highest BCUT2D eigenvalue weighted by molar-refractivity contribution is 5.55. The molecule has 0 bridgehead atoms. The van der Waals surface area contributed by atoms with Gasteiger partial charge in [0, 0.05) is 12.4 Å². The molecular weight excluding hydrogens is 152 g/mol. The van der Waals surface area contributed by atoms with Gasteiger partial charge >= 0.3 is 0 Å². The van der Waals surface area contributed by atoms with Gasteiger partial charge in [0.2, 0.25) is 0 Å². The van der Waals surface area contributed by atoms with E-state index in [0.717, 1.165) is 17.8 Å². The molecule has 0 aliphatic carbocycles. The highest BCUT2D eigenvalue weighted by atomic mass is 16.5. The van der Waals surface area contributed by atoms with Crippen molar-refractivity contribution in [3.05, 3.63) is 30.4 Å². The third-order valence-electron chi connectivity index (χ3n) is 1.62. The van der Waals surface area contributed by atoms with Crippen LogP contribution in [0.2, 0.25) is 0 Å². The van der Waals surface area contributed by atoms with E-state index in [9.17, 15) is 0 Å². The van der Waals surface area contributed by atoms with Crippen LogP contribution in [0.3, 0.4) is 0 Å². The van der Waals surface area contributed by atoms with Crippen molar-refractivity contribution in [2.75, 3.05) is 7.11 Å². The summed E-state index contributed by atoms with van der Waals surface area (Å²) in [5, 5.41) is 0. The van der Waals surface area contributed by atoms with Crippen molar-refractivity contribution in [2.45, 2.75) is 13.3 Å². The summed E-state index contributed by atoms with van der Waals surface area (Å²) in [5.41, 5.74) is 1.67. The lowest BCUT2D eigenvalue weighted by Gasteiger charge is -2.06. The van der Waals surface area contributed by atoms with Gasteiger partial charge in [-0.2, -0.15) is 0 Å². The highest BCUT2D eigenvalue weighted by Gasteiger charge is 2.05. The summed E-state index contributed by atoms with van der Waals surface area (Å²) in [4.78, 5) is 8.30. The van der Waals surface area contributed by atoms with Crippen molar-refractivity contribution >= 4 is 5.76 Å². The number of hydrogen-bond donors (Lipinski definition) is 0. The Morgan fingerprint density at radius 3 is 2.75 bits per heavy atom. The quantitative estimate of drug-likeness (QED) is 0.637. The van der Waals surface area contributed by atoms with Crippen LogP contribution in [0, 0.1) is 0 Å². The van der Waals surface area contributed by atoms with Gasteiger partial charge in [-0.05, 0) is 6.42 Å². The molecule has 1 rings (SSSR count). The summed E-state index contributed by atoms with van der Waals surface area (Å²) in [7, 11) is 1.58. The fraction of sp³-hybridized carbons (Fsp3) is 0.333. The van der Waals surface area contributed by atoms with Gasteiger partial charge in [-0.25, -0.2) is 4.98 Å². The summed E-state index contributed by atoms with van der Waals surface area (Å²) in [5.74, 6) is 0.569. The van der Waals surface area contributed by atoms with Gasteiger partial charge in [-0.1, -0.05) is 13.5 Å². The first-order chi connectivity index (χ1) is 5.79. The summed E-state index contributed by atoms with van der Waals surface area (Å²) >= 11 is 0. The molecule has 0 saturated carbocycles. The number of rotatable bonds is 3. The highest BCUT2D eigenvalue weighted by Crippen LogP contribution is 2.12. The molecule has 0 spiro atoms. The molecule has 0 aliphatic rings. The summed E-state index contributed by atoms with van der Waals surface area (Å²) in [6, 6.07) is 0. The summed E-state index contributed by atoms with van der Waals surface area (Å²) < 4.78 is 4.98. The molecule has 0 saturated heterocycles. The van der Waals surface area contributed by atoms with Crippen LogP contribution in [-0.2, 0) is 11.2 Å². The number of aryl methyl sites for hydroxylation is 1. The Kier molecular flexibility index (Phi) is 2.80. The smallest absolute Gasteiger partial charge is 0.139 e. The van der Waals surface area contributed by atoms with Crippen LogP contribution in [0.25, 0.3) is 5.76 Å². The molecule has 1 heterocycles. The number of ether oxygens (including phenoxy) is 1. The molecule has 3 heteroatoms. The van der Waals surface area contributed by atoms with Crippen molar-refractivity contribution in [2.24, 2.45) is 0 Å². The Morgan fingerprint density at radius 2 is 2.17 bits per heavy atom. The fourth-order valence-corrected chi connectivity index (χ4v) is 0.955. The van der Waals surface area contributed by atoms with Gasteiger partial charge < -0.3 is 4.74 Å². The van der Waals surface area contributed by atoms with Crippen molar-refractivity contribution < 1.29 is 4.74 Å². The standard InChI is InChI=1S/C9H12N2O/c1-4-8-9(7(2)12-3)11-6-5-10-8/h5-6H,2,4H2,1,3H3. The average Bonchev–Trinajstić information content (AvgIpc) is 2.16. The van der Waals surface area contributed by atoms with Crippen molar-refractivity contribution in [3.63, 3.8) is 0 Å². The Balaban J connectivity index is 3.04. The van der Waals surface area contributed by atoms with E-state index in [1.54, 1.807) is 19.5 Å². The van der Waals surface area contributed by atoms with Crippen LogP contribution in [0.15, 0.2) is 19.0 Å². The number of hydrogen-bond acceptors (Lipinski definition) is 3. The van der Waals surface area contributed by atoms with Gasteiger partial charge in [0.15, 0.2) is 0 Å². The minimum Gasteiger partial charge on any atom is -0.495 e. The molecule has 0 fully saturated rings. The van der Waals surface area contributed by atoms with Gasteiger partial charge in [0.05, 0.1) is 12.8 Å². The zero-order chi connectivity index (χ0) is 8.97. The van der Waals surface area contributed by atoms with Gasteiger partial charge in [0.1, 0.15) is 11.5 Å². The van der Waals surface area contributed by atoms with Gasteiger partial charge in [0.25, 0.3) is 0 Å². The summed E-state index contributed by atoms with van der Waals surface area (Å²) in [6.45, 7) is 5.75. The first kappa shape index (κ1) is 8.71. The van der Waals surface area contributed by atoms with Crippen LogP contribution in [0.4, 0.5) is 0 Å². The zero-order valence-electron chi connectivity index (χ0n) is 7.37. The van der Waals surface area contributed by atoms with Crippen molar-refractivity contribution in [1.29, 1.82) is 0 Å². The molecule has 0 radical (unpaired) electrons. The van der Waals surface area contributed by atoms with E-state index in [1.807, 2.05) is 6.92 Å². The SMILES string of the molecule is C=C(OC)c1nccnc1CC. The first-order valence-electron chi connectivity index (χ1n) is 3.82. The predicted molar refractivity (Wildman–Crippen MR) is 47.5 cm³/mol. The molecular formula is C9H12N2O. The Morgan fingerprint density at radius 1 is 1.50 bits per heavy atom. The molecule has 0 aromatic carbocycles.